The lowest BCUT2D eigenvalue weighted by atomic mass is 10.2. The van der Waals surface area contributed by atoms with Crippen LogP contribution in [0.4, 0.5) is 0 Å². The van der Waals surface area contributed by atoms with Gasteiger partial charge in [0.1, 0.15) is 5.75 Å². The molecule has 0 heterocycles. The van der Waals surface area contributed by atoms with E-state index in [2.05, 4.69) is 0 Å². The van der Waals surface area contributed by atoms with Crippen LogP contribution in [0.15, 0.2) is 24.3 Å². The first-order valence-electron chi connectivity index (χ1n) is 6.76. The normalized spacial score (nSPS) is 10.5. The maximum atomic E-state index is 12.0. The van der Waals surface area contributed by atoms with Gasteiger partial charge in [-0.2, -0.15) is 0 Å². The molecule has 0 fully saturated rings. The Morgan fingerprint density at radius 2 is 1.90 bits per heavy atom. The molecule has 0 atom stereocenters. The van der Waals surface area contributed by atoms with Crippen molar-refractivity contribution in [3.63, 3.8) is 0 Å². The smallest absolute Gasteiger partial charge is 0.236 e. The lowest BCUT2D eigenvalue weighted by molar-refractivity contribution is -0.130. The molecular formula is C15H23N3O2S. The number of benzene rings is 1. The summed E-state index contributed by atoms with van der Waals surface area (Å²) in [4.78, 5) is 16.1. The van der Waals surface area contributed by atoms with Gasteiger partial charge in [0, 0.05) is 26.6 Å². The molecule has 0 aromatic heterocycles. The van der Waals surface area contributed by atoms with Crippen LogP contribution in [-0.4, -0.2) is 55.0 Å². The number of likely N-dealkylation sites (N-methyl/N-ethyl adjacent to an activating group) is 2. The van der Waals surface area contributed by atoms with E-state index >= 15 is 0 Å². The zero-order valence-corrected chi connectivity index (χ0v) is 13.7. The van der Waals surface area contributed by atoms with E-state index in [9.17, 15) is 4.79 Å². The molecule has 1 aromatic rings. The molecule has 0 aliphatic carbocycles. The summed E-state index contributed by atoms with van der Waals surface area (Å²) in [7, 11) is 5.33. The molecule has 0 saturated carbocycles. The highest BCUT2D eigenvalue weighted by Gasteiger charge is 2.12. The van der Waals surface area contributed by atoms with E-state index in [1.54, 1.807) is 19.1 Å². The summed E-state index contributed by atoms with van der Waals surface area (Å²) in [5.74, 6) is 0.886. The number of rotatable bonds is 8. The number of hydrogen-bond acceptors (Lipinski definition) is 4. The lowest BCUT2D eigenvalue weighted by Crippen LogP contribution is -2.37. The first-order chi connectivity index (χ1) is 9.92. The summed E-state index contributed by atoms with van der Waals surface area (Å²) >= 11 is 4.81. The summed E-state index contributed by atoms with van der Waals surface area (Å²) < 4.78 is 5.12. The molecule has 6 heteroatoms. The van der Waals surface area contributed by atoms with E-state index in [1.807, 2.05) is 36.2 Å². The van der Waals surface area contributed by atoms with Crippen LogP contribution in [0.3, 0.4) is 0 Å². The minimum Gasteiger partial charge on any atom is -0.497 e. The van der Waals surface area contributed by atoms with Crippen molar-refractivity contribution in [3.05, 3.63) is 29.8 Å². The van der Waals surface area contributed by atoms with E-state index in [0.29, 0.717) is 31.0 Å². The van der Waals surface area contributed by atoms with Crippen molar-refractivity contribution < 1.29 is 9.53 Å². The van der Waals surface area contributed by atoms with E-state index in [1.165, 1.54) is 0 Å². The second kappa shape index (κ2) is 8.59. The van der Waals surface area contributed by atoms with Crippen molar-refractivity contribution in [1.29, 1.82) is 0 Å². The second-order valence-electron chi connectivity index (χ2n) is 5.05. The van der Waals surface area contributed by atoms with E-state index in [0.717, 1.165) is 11.3 Å². The first-order valence-corrected chi connectivity index (χ1v) is 7.17. The zero-order chi connectivity index (χ0) is 15.8. The number of nitrogens with two attached hydrogens (primary N) is 1. The Labute approximate surface area is 131 Å². The van der Waals surface area contributed by atoms with Crippen LogP contribution in [0.1, 0.15) is 12.0 Å². The van der Waals surface area contributed by atoms with Crippen LogP contribution in [0, 0.1) is 0 Å². The van der Waals surface area contributed by atoms with Gasteiger partial charge in [-0.1, -0.05) is 24.4 Å². The molecule has 1 aromatic carbocycles. The van der Waals surface area contributed by atoms with Crippen LogP contribution in [0.2, 0.25) is 0 Å². The van der Waals surface area contributed by atoms with Gasteiger partial charge in [0.2, 0.25) is 5.91 Å². The van der Waals surface area contributed by atoms with E-state index in [-0.39, 0.29) is 5.91 Å². The highest BCUT2D eigenvalue weighted by molar-refractivity contribution is 7.80. The average Bonchev–Trinajstić information content (AvgIpc) is 2.45. The molecule has 0 aliphatic rings. The van der Waals surface area contributed by atoms with Gasteiger partial charge in [0.25, 0.3) is 0 Å². The maximum Gasteiger partial charge on any atom is 0.236 e. The molecule has 0 bridgehead atoms. The molecule has 0 unspecified atom stereocenters. The minimum absolute atomic E-state index is 0.0576. The van der Waals surface area contributed by atoms with Crippen LogP contribution < -0.4 is 10.5 Å². The highest BCUT2D eigenvalue weighted by atomic mass is 32.1. The van der Waals surface area contributed by atoms with Gasteiger partial charge >= 0.3 is 0 Å². The number of nitrogens with zero attached hydrogens (tertiary/aromatic N) is 2. The number of hydrogen-bond donors (Lipinski definition) is 1. The monoisotopic (exact) mass is 309 g/mol. The average molecular weight is 309 g/mol. The predicted molar refractivity (Wildman–Crippen MR) is 88.4 cm³/mol. The van der Waals surface area contributed by atoms with Crippen LogP contribution in [0.5, 0.6) is 5.75 Å². The molecule has 21 heavy (non-hydrogen) atoms. The van der Waals surface area contributed by atoms with Crippen LogP contribution in [0.25, 0.3) is 0 Å². The Morgan fingerprint density at radius 3 is 2.43 bits per heavy atom. The Morgan fingerprint density at radius 1 is 1.29 bits per heavy atom. The third kappa shape index (κ3) is 6.55. The lowest BCUT2D eigenvalue weighted by Gasteiger charge is -2.21. The molecule has 116 valence electrons. The fourth-order valence-corrected chi connectivity index (χ4v) is 1.94. The number of thiocarbonyl (C=S) groups is 1. The Balaban J connectivity index is 2.42. The van der Waals surface area contributed by atoms with Gasteiger partial charge in [0.15, 0.2) is 0 Å². The molecule has 0 radical (unpaired) electrons. The van der Waals surface area contributed by atoms with Crippen molar-refractivity contribution in [2.24, 2.45) is 5.73 Å². The molecule has 1 amide bonds. The van der Waals surface area contributed by atoms with Crippen LogP contribution >= 0.6 is 12.2 Å². The zero-order valence-electron chi connectivity index (χ0n) is 12.8. The quantitative estimate of drug-likeness (QED) is 0.733. The van der Waals surface area contributed by atoms with Crippen LogP contribution in [-0.2, 0) is 11.3 Å². The molecule has 2 N–H and O–H groups in total. The van der Waals surface area contributed by atoms with Gasteiger partial charge in [-0.05, 0) is 24.7 Å². The van der Waals surface area contributed by atoms with Gasteiger partial charge in [-0.25, -0.2) is 0 Å². The molecule has 0 spiro atoms. The Kier molecular flexibility index (Phi) is 7.11. The van der Waals surface area contributed by atoms with E-state index in [4.69, 9.17) is 22.7 Å². The van der Waals surface area contributed by atoms with Crippen molar-refractivity contribution in [3.8, 4) is 5.75 Å². The van der Waals surface area contributed by atoms with Crippen molar-refractivity contribution in [2.75, 3.05) is 34.3 Å². The molecular weight excluding hydrogens is 286 g/mol. The number of ether oxygens (including phenoxy) is 1. The van der Waals surface area contributed by atoms with Crippen molar-refractivity contribution in [1.82, 2.24) is 9.80 Å². The number of carbonyl (C=O) groups is 1. The molecule has 0 aliphatic heterocycles. The number of amides is 1. The molecule has 5 nitrogen and oxygen atoms in total. The largest absolute Gasteiger partial charge is 0.497 e. The first kappa shape index (κ1) is 17.4. The summed E-state index contributed by atoms with van der Waals surface area (Å²) in [5, 5.41) is 0. The third-order valence-electron chi connectivity index (χ3n) is 3.14. The van der Waals surface area contributed by atoms with Gasteiger partial charge < -0.3 is 15.4 Å². The van der Waals surface area contributed by atoms with Gasteiger partial charge in [-0.15, -0.1) is 0 Å². The summed E-state index contributed by atoms with van der Waals surface area (Å²) in [6.45, 7) is 1.63. The number of methoxy groups -OCH3 is 1. The fraction of sp³-hybridized carbons (Fsp3) is 0.467. The van der Waals surface area contributed by atoms with E-state index < -0.39 is 0 Å². The predicted octanol–water partition coefficient (Wildman–Crippen LogP) is 1.26. The summed E-state index contributed by atoms with van der Waals surface area (Å²) in [6, 6.07) is 7.82. The fourth-order valence-electron chi connectivity index (χ4n) is 1.85. The summed E-state index contributed by atoms with van der Waals surface area (Å²) in [5.41, 5.74) is 6.58. The SMILES string of the molecule is COc1ccc(CN(C)CC(=O)N(C)CCC(N)=S)cc1. The Bertz CT molecular complexity index is 476. The second-order valence-corrected chi connectivity index (χ2v) is 5.58. The highest BCUT2D eigenvalue weighted by Crippen LogP contribution is 2.12. The maximum absolute atomic E-state index is 12.0. The Hall–Kier alpha value is -1.66. The van der Waals surface area contributed by atoms with Crippen molar-refractivity contribution >= 4 is 23.1 Å². The topological polar surface area (TPSA) is 58.8 Å². The molecule has 1 rings (SSSR count). The molecule has 0 saturated heterocycles. The summed E-state index contributed by atoms with van der Waals surface area (Å²) in [6.07, 6.45) is 0.555. The standard InChI is InChI=1S/C15H23N3O2S/c1-17(10-12-4-6-13(20-3)7-5-12)11-15(19)18(2)9-8-14(16)21/h4-7H,8-11H2,1-3H3,(H2,16,21). The minimum atomic E-state index is 0.0576. The third-order valence-corrected chi connectivity index (χ3v) is 3.34. The van der Waals surface area contributed by atoms with Crippen molar-refractivity contribution in [2.45, 2.75) is 13.0 Å². The number of carbonyl (C=O) groups excluding carboxylic acids is 1. The van der Waals surface area contributed by atoms with Gasteiger partial charge in [-0.3, -0.25) is 9.69 Å². The van der Waals surface area contributed by atoms with Gasteiger partial charge in [0.05, 0.1) is 18.6 Å².